The van der Waals surface area contributed by atoms with Gasteiger partial charge >= 0.3 is 0 Å². The maximum absolute atomic E-state index is 12.1. The van der Waals surface area contributed by atoms with Gasteiger partial charge < -0.3 is 15.8 Å². The Morgan fingerprint density at radius 1 is 1.47 bits per heavy atom. The molecule has 1 amide bonds. The Hall–Kier alpha value is -1.39. The number of ether oxygens (including phenoxy) is 1. The minimum Gasteiger partial charge on any atom is -0.376 e. The predicted octanol–water partition coefficient (Wildman–Crippen LogP) is 1.24. The monoisotopic (exact) mass is 262 g/mol. The second-order valence-corrected chi connectivity index (χ2v) is 5.42. The number of rotatable bonds is 5. The fourth-order valence-corrected chi connectivity index (χ4v) is 2.31. The van der Waals surface area contributed by atoms with Gasteiger partial charge in [0.05, 0.1) is 11.6 Å². The predicted molar refractivity (Wildman–Crippen MR) is 74.7 cm³/mol. The zero-order valence-electron chi connectivity index (χ0n) is 11.4. The standard InChI is InChI=1S/C15H22N2O2/c1-15(16,10-12-6-3-2-4-7-12)14(18)17-11-13-8-5-9-19-13/h2-4,6-7,13H,5,8-11,16H2,1H3,(H,17,18)/t13?,15-/m1/s1. The van der Waals surface area contributed by atoms with Gasteiger partial charge in [-0.2, -0.15) is 0 Å². The van der Waals surface area contributed by atoms with Crippen LogP contribution in [0.3, 0.4) is 0 Å². The molecule has 3 N–H and O–H groups in total. The summed E-state index contributed by atoms with van der Waals surface area (Å²) in [5.74, 6) is -0.119. The van der Waals surface area contributed by atoms with Gasteiger partial charge in [0.2, 0.25) is 5.91 Å². The van der Waals surface area contributed by atoms with Crippen molar-refractivity contribution in [3.05, 3.63) is 35.9 Å². The molecule has 1 aromatic carbocycles. The third kappa shape index (κ3) is 4.04. The van der Waals surface area contributed by atoms with Crippen molar-refractivity contribution in [3.63, 3.8) is 0 Å². The van der Waals surface area contributed by atoms with Gasteiger partial charge in [-0.15, -0.1) is 0 Å². The molecule has 0 saturated carbocycles. The van der Waals surface area contributed by atoms with E-state index in [-0.39, 0.29) is 12.0 Å². The SMILES string of the molecule is C[C@@](N)(Cc1ccccc1)C(=O)NCC1CCCO1. The van der Waals surface area contributed by atoms with Crippen molar-refractivity contribution >= 4 is 5.91 Å². The summed E-state index contributed by atoms with van der Waals surface area (Å²) >= 11 is 0. The minimum absolute atomic E-state index is 0.119. The van der Waals surface area contributed by atoms with E-state index < -0.39 is 5.54 Å². The number of carbonyl (C=O) groups is 1. The lowest BCUT2D eigenvalue weighted by Crippen LogP contribution is -2.54. The molecular formula is C15H22N2O2. The Morgan fingerprint density at radius 2 is 2.21 bits per heavy atom. The Morgan fingerprint density at radius 3 is 2.84 bits per heavy atom. The highest BCUT2D eigenvalue weighted by Crippen LogP contribution is 2.13. The maximum atomic E-state index is 12.1. The van der Waals surface area contributed by atoms with Gasteiger partial charge in [0.15, 0.2) is 0 Å². The van der Waals surface area contributed by atoms with E-state index in [0.29, 0.717) is 13.0 Å². The number of benzene rings is 1. The van der Waals surface area contributed by atoms with Gasteiger partial charge in [0.1, 0.15) is 0 Å². The molecule has 1 aliphatic rings. The van der Waals surface area contributed by atoms with E-state index in [2.05, 4.69) is 5.32 Å². The third-order valence-electron chi connectivity index (χ3n) is 3.45. The molecular weight excluding hydrogens is 240 g/mol. The highest BCUT2D eigenvalue weighted by Gasteiger charge is 2.29. The zero-order chi connectivity index (χ0) is 13.7. The first kappa shape index (κ1) is 14.0. The second kappa shape index (κ2) is 6.17. The van der Waals surface area contributed by atoms with Crippen LogP contribution in [0, 0.1) is 0 Å². The molecule has 1 heterocycles. The summed E-state index contributed by atoms with van der Waals surface area (Å²) in [7, 11) is 0. The summed E-state index contributed by atoms with van der Waals surface area (Å²) in [5.41, 5.74) is 6.30. The molecule has 1 unspecified atom stereocenters. The maximum Gasteiger partial charge on any atom is 0.240 e. The third-order valence-corrected chi connectivity index (χ3v) is 3.45. The van der Waals surface area contributed by atoms with Crippen LogP contribution < -0.4 is 11.1 Å². The lowest BCUT2D eigenvalue weighted by Gasteiger charge is -2.24. The van der Waals surface area contributed by atoms with Crippen molar-refractivity contribution in [2.24, 2.45) is 5.73 Å². The number of hydrogen-bond donors (Lipinski definition) is 2. The molecule has 1 aromatic rings. The van der Waals surface area contributed by atoms with Crippen molar-refractivity contribution in [1.29, 1.82) is 0 Å². The zero-order valence-corrected chi connectivity index (χ0v) is 11.4. The summed E-state index contributed by atoms with van der Waals surface area (Å²) in [5, 5.41) is 2.90. The molecule has 0 radical (unpaired) electrons. The topological polar surface area (TPSA) is 64.4 Å². The first-order valence-corrected chi connectivity index (χ1v) is 6.81. The Balaban J connectivity index is 1.85. The van der Waals surface area contributed by atoms with Crippen molar-refractivity contribution in [3.8, 4) is 0 Å². The lowest BCUT2D eigenvalue weighted by atomic mass is 9.93. The van der Waals surface area contributed by atoms with Gasteiger partial charge in [-0.3, -0.25) is 4.79 Å². The van der Waals surface area contributed by atoms with E-state index in [1.54, 1.807) is 6.92 Å². The van der Waals surface area contributed by atoms with Crippen LogP contribution in [0.1, 0.15) is 25.3 Å². The van der Waals surface area contributed by atoms with E-state index in [1.807, 2.05) is 30.3 Å². The van der Waals surface area contributed by atoms with Gasteiger partial charge in [0.25, 0.3) is 0 Å². The van der Waals surface area contributed by atoms with E-state index >= 15 is 0 Å². The number of nitrogens with two attached hydrogens (primary N) is 1. The molecule has 19 heavy (non-hydrogen) atoms. The quantitative estimate of drug-likeness (QED) is 0.839. The van der Waals surface area contributed by atoms with Crippen molar-refractivity contribution in [2.45, 2.75) is 37.8 Å². The van der Waals surface area contributed by atoms with Crippen LogP contribution in [-0.2, 0) is 16.0 Å². The summed E-state index contributed by atoms with van der Waals surface area (Å²) < 4.78 is 5.48. The number of nitrogens with one attached hydrogen (secondary N) is 1. The highest BCUT2D eigenvalue weighted by molar-refractivity contribution is 5.85. The van der Waals surface area contributed by atoms with Crippen LogP contribution in [-0.4, -0.2) is 30.7 Å². The van der Waals surface area contributed by atoms with Crippen LogP contribution in [0.15, 0.2) is 30.3 Å². The van der Waals surface area contributed by atoms with Gasteiger partial charge in [-0.25, -0.2) is 0 Å². The summed E-state index contributed by atoms with van der Waals surface area (Å²) in [6, 6.07) is 9.83. The van der Waals surface area contributed by atoms with E-state index in [1.165, 1.54) is 0 Å². The average Bonchev–Trinajstić information content (AvgIpc) is 2.89. The Labute approximate surface area is 114 Å². The molecule has 1 saturated heterocycles. The van der Waals surface area contributed by atoms with E-state index in [9.17, 15) is 4.79 Å². The fourth-order valence-electron chi connectivity index (χ4n) is 2.31. The van der Waals surface area contributed by atoms with Crippen molar-refractivity contribution in [1.82, 2.24) is 5.32 Å². The van der Waals surface area contributed by atoms with Gasteiger partial charge in [0, 0.05) is 13.2 Å². The number of hydrogen-bond acceptors (Lipinski definition) is 3. The van der Waals surface area contributed by atoms with Gasteiger partial charge in [-0.1, -0.05) is 30.3 Å². The molecule has 0 aromatic heterocycles. The largest absolute Gasteiger partial charge is 0.376 e. The van der Waals surface area contributed by atoms with Crippen LogP contribution in [0.4, 0.5) is 0 Å². The average molecular weight is 262 g/mol. The van der Waals surface area contributed by atoms with Gasteiger partial charge in [-0.05, 0) is 31.7 Å². The first-order valence-electron chi connectivity index (χ1n) is 6.81. The molecule has 2 atom stereocenters. The molecule has 1 aliphatic heterocycles. The normalized spacial score (nSPS) is 21.9. The molecule has 1 fully saturated rings. The molecule has 0 aliphatic carbocycles. The summed E-state index contributed by atoms with van der Waals surface area (Å²) in [4.78, 5) is 12.1. The number of carbonyl (C=O) groups excluding carboxylic acids is 1. The molecule has 104 valence electrons. The Kier molecular flexibility index (Phi) is 4.56. The van der Waals surface area contributed by atoms with Crippen molar-refractivity contribution in [2.75, 3.05) is 13.2 Å². The first-order chi connectivity index (χ1) is 9.08. The van der Waals surface area contributed by atoms with Crippen LogP contribution >= 0.6 is 0 Å². The molecule has 4 heteroatoms. The second-order valence-electron chi connectivity index (χ2n) is 5.42. The molecule has 2 rings (SSSR count). The molecule has 0 bridgehead atoms. The van der Waals surface area contributed by atoms with Crippen LogP contribution in [0.2, 0.25) is 0 Å². The van der Waals surface area contributed by atoms with Crippen LogP contribution in [0.25, 0.3) is 0 Å². The fraction of sp³-hybridized carbons (Fsp3) is 0.533. The molecule has 0 spiro atoms. The van der Waals surface area contributed by atoms with E-state index in [0.717, 1.165) is 25.0 Å². The lowest BCUT2D eigenvalue weighted by molar-refractivity contribution is -0.126. The van der Waals surface area contributed by atoms with E-state index in [4.69, 9.17) is 10.5 Å². The van der Waals surface area contributed by atoms with Crippen molar-refractivity contribution < 1.29 is 9.53 Å². The highest BCUT2D eigenvalue weighted by atomic mass is 16.5. The summed E-state index contributed by atoms with van der Waals surface area (Å²) in [6.07, 6.45) is 2.77. The molecule has 4 nitrogen and oxygen atoms in total. The van der Waals surface area contributed by atoms with Crippen LogP contribution in [0.5, 0.6) is 0 Å². The Bertz CT molecular complexity index is 411. The number of amides is 1. The summed E-state index contributed by atoms with van der Waals surface area (Å²) in [6.45, 7) is 3.12. The smallest absolute Gasteiger partial charge is 0.240 e. The minimum atomic E-state index is -0.889.